The van der Waals surface area contributed by atoms with Crippen LogP contribution < -0.4 is 0 Å². The Morgan fingerprint density at radius 1 is 0.778 bits per heavy atom. The lowest BCUT2D eigenvalue weighted by Gasteiger charge is -2.35. The number of hydrogen-bond donors (Lipinski definition) is 0. The maximum atomic E-state index is 13.0. The van der Waals surface area contributed by atoms with Gasteiger partial charge in [-0.3, -0.25) is 0 Å². The summed E-state index contributed by atoms with van der Waals surface area (Å²) in [7, 11) is 0. The van der Waals surface area contributed by atoms with Crippen molar-refractivity contribution in [3.8, 4) is 0 Å². The van der Waals surface area contributed by atoms with Crippen LogP contribution in [-0.4, -0.2) is 49.1 Å². The molecule has 106 valence electrons. The van der Waals surface area contributed by atoms with Crippen LogP contribution in [0.3, 0.4) is 0 Å². The summed E-state index contributed by atoms with van der Waals surface area (Å²) in [5.41, 5.74) is 0. The highest BCUT2D eigenvalue weighted by atomic mass is 19.4. The van der Waals surface area contributed by atoms with Gasteiger partial charge in [-0.1, -0.05) is 0 Å². The number of rotatable bonds is 1. The van der Waals surface area contributed by atoms with Crippen molar-refractivity contribution in [1.29, 1.82) is 0 Å². The molecule has 0 saturated heterocycles. The molecule has 0 spiro atoms. The fourth-order valence-electron chi connectivity index (χ4n) is 1.39. The maximum absolute atomic E-state index is 13.0. The molecule has 1 rings (SSSR count). The van der Waals surface area contributed by atoms with Crippen LogP contribution in [0.15, 0.2) is 0 Å². The Morgan fingerprint density at radius 2 is 1.11 bits per heavy atom. The number of hydrogen-bond acceptors (Lipinski definition) is 2. The van der Waals surface area contributed by atoms with Gasteiger partial charge < -0.3 is 4.74 Å². The van der Waals surface area contributed by atoms with Crippen LogP contribution in [0.2, 0.25) is 0 Å². The maximum Gasteiger partial charge on any atom is 0.490 e. The number of carbonyl (C=O) groups excluding carboxylic acids is 1. The Morgan fingerprint density at radius 3 is 1.44 bits per heavy atom. The third-order valence-corrected chi connectivity index (χ3v) is 2.32. The second-order valence-electron chi connectivity index (χ2n) is 3.59. The highest BCUT2D eigenvalue weighted by Gasteiger charge is 2.57. The van der Waals surface area contributed by atoms with Crippen molar-refractivity contribution in [2.75, 3.05) is 0 Å². The van der Waals surface area contributed by atoms with E-state index in [1.807, 2.05) is 0 Å². The van der Waals surface area contributed by atoms with Gasteiger partial charge in [-0.25, -0.2) is 26.7 Å². The highest BCUT2D eigenvalue weighted by Crippen LogP contribution is 2.34. The topological polar surface area (TPSA) is 26.3 Å². The Labute approximate surface area is 94.9 Å². The minimum absolute atomic E-state index is 2.98. The van der Waals surface area contributed by atoms with E-state index in [2.05, 4.69) is 4.74 Å². The molecular formula is C8H6F8O2. The fraction of sp³-hybridized carbons (Fsp3) is 0.875. The van der Waals surface area contributed by atoms with E-state index >= 15 is 0 Å². The molecule has 0 aromatic rings. The quantitative estimate of drug-likeness (QED) is 0.545. The third-order valence-electron chi connectivity index (χ3n) is 2.32. The van der Waals surface area contributed by atoms with Gasteiger partial charge in [0.1, 0.15) is 0 Å². The molecule has 4 unspecified atom stereocenters. The Balaban J connectivity index is 2.84. The Kier molecular flexibility index (Phi) is 4.06. The van der Waals surface area contributed by atoms with Crippen molar-refractivity contribution in [1.82, 2.24) is 0 Å². The molecule has 0 bridgehead atoms. The summed E-state index contributed by atoms with van der Waals surface area (Å²) in [4.78, 5) is 10.3. The second-order valence-corrected chi connectivity index (χ2v) is 3.59. The normalized spacial score (nSPS) is 41.6. The lowest BCUT2D eigenvalue weighted by Crippen LogP contribution is -2.58. The van der Waals surface area contributed by atoms with Crippen molar-refractivity contribution < 1.29 is 44.7 Å². The first-order chi connectivity index (χ1) is 8.07. The van der Waals surface area contributed by atoms with Gasteiger partial charge in [-0.2, -0.15) is 13.2 Å². The van der Waals surface area contributed by atoms with Crippen LogP contribution >= 0.6 is 0 Å². The molecular weight excluding hydrogens is 280 g/mol. The first-order valence-corrected chi connectivity index (χ1v) is 4.55. The van der Waals surface area contributed by atoms with Gasteiger partial charge in [0.05, 0.1) is 0 Å². The number of alkyl halides is 8. The lowest BCUT2D eigenvalue weighted by molar-refractivity contribution is -0.220. The molecule has 0 N–H and O–H groups in total. The van der Waals surface area contributed by atoms with Crippen LogP contribution in [0.4, 0.5) is 35.1 Å². The molecule has 0 radical (unpaired) electrons. The van der Waals surface area contributed by atoms with Gasteiger partial charge in [0.15, 0.2) is 37.0 Å². The van der Waals surface area contributed by atoms with Crippen molar-refractivity contribution in [2.45, 2.75) is 43.1 Å². The number of esters is 1. The molecule has 4 atom stereocenters. The minimum atomic E-state index is -5.58. The van der Waals surface area contributed by atoms with E-state index in [0.29, 0.717) is 0 Å². The zero-order chi connectivity index (χ0) is 14.2. The summed E-state index contributed by atoms with van der Waals surface area (Å²) < 4.78 is 103. The Hall–Kier alpha value is -1.09. The van der Waals surface area contributed by atoms with Gasteiger partial charge in [-0.15, -0.1) is 0 Å². The predicted octanol–water partition coefficient (Wildman–Crippen LogP) is 2.16. The highest BCUT2D eigenvalue weighted by molar-refractivity contribution is 5.75. The molecule has 1 saturated carbocycles. The largest absolute Gasteiger partial charge is 0.490 e. The molecule has 0 amide bonds. The van der Waals surface area contributed by atoms with E-state index in [0.717, 1.165) is 0 Å². The summed E-state index contributed by atoms with van der Waals surface area (Å²) in [6, 6.07) is 0. The first-order valence-electron chi connectivity index (χ1n) is 4.55. The predicted molar refractivity (Wildman–Crippen MR) is 40.4 cm³/mol. The molecule has 0 aliphatic heterocycles. The average Bonchev–Trinajstić information content (AvgIpc) is 2.28. The van der Waals surface area contributed by atoms with Gasteiger partial charge in [-0.05, 0) is 0 Å². The van der Waals surface area contributed by atoms with Crippen LogP contribution in [0.1, 0.15) is 0 Å². The van der Waals surface area contributed by atoms with Crippen LogP contribution in [0.5, 0.6) is 0 Å². The van der Waals surface area contributed by atoms with Crippen molar-refractivity contribution >= 4 is 5.97 Å². The average molecular weight is 286 g/mol. The fourth-order valence-corrected chi connectivity index (χ4v) is 1.39. The molecule has 0 aromatic heterocycles. The number of ether oxygens (including phenoxy) is 1. The van der Waals surface area contributed by atoms with Crippen molar-refractivity contribution in [3.05, 3.63) is 0 Å². The first kappa shape index (κ1) is 15.0. The van der Waals surface area contributed by atoms with E-state index in [1.54, 1.807) is 0 Å². The van der Waals surface area contributed by atoms with E-state index in [9.17, 15) is 39.9 Å². The standard InChI is InChI=1S/C8H6F8O2/c9-1-2(10)4(12)6(5(13)3(1)11)18-7(17)8(14,15)16/h1-6H. The molecule has 10 heteroatoms. The van der Waals surface area contributed by atoms with E-state index in [1.165, 1.54) is 0 Å². The van der Waals surface area contributed by atoms with Gasteiger partial charge in [0, 0.05) is 0 Å². The molecule has 18 heavy (non-hydrogen) atoms. The molecule has 1 fully saturated rings. The second kappa shape index (κ2) is 4.88. The van der Waals surface area contributed by atoms with Crippen LogP contribution in [0.25, 0.3) is 0 Å². The van der Waals surface area contributed by atoms with Crippen LogP contribution in [-0.2, 0) is 9.53 Å². The summed E-state index contributed by atoms with van der Waals surface area (Å²) in [6.45, 7) is 0. The van der Waals surface area contributed by atoms with E-state index in [4.69, 9.17) is 0 Å². The van der Waals surface area contributed by atoms with Gasteiger partial charge in [0.2, 0.25) is 0 Å². The molecule has 0 aromatic carbocycles. The van der Waals surface area contributed by atoms with Crippen molar-refractivity contribution in [2.24, 2.45) is 0 Å². The van der Waals surface area contributed by atoms with Gasteiger partial charge in [0.25, 0.3) is 0 Å². The van der Waals surface area contributed by atoms with Crippen molar-refractivity contribution in [3.63, 3.8) is 0 Å². The zero-order valence-corrected chi connectivity index (χ0v) is 8.30. The Bertz CT molecular complexity index is 303. The summed E-state index contributed by atoms with van der Waals surface area (Å²) in [5.74, 6) is -3.01. The van der Waals surface area contributed by atoms with Crippen LogP contribution in [0, 0.1) is 0 Å². The molecule has 2 nitrogen and oxygen atoms in total. The molecule has 1 aliphatic rings. The third kappa shape index (κ3) is 2.66. The summed E-state index contributed by atoms with van der Waals surface area (Å²) in [6.07, 6.45) is -24.6. The minimum Gasteiger partial charge on any atom is -0.449 e. The molecule has 1 aliphatic carbocycles. The number of halogens is 8. The number of carbonyl (C=O) groups is 1. The molecule has 0 heterocycles. The van der Waals surface area contributed by atoms with Gasteiger partial charge >= 0.3 is 12.1 Å². The van der Waals surface area contributed by atoms with E-state index in [-0.39, 0.29) is 0 Å². The summed E-state index contributed by atoms with van der Waals surface area (Å²) in [5, 5.41) is 0. The smallest absolute Gasteiger partial charge is 0.449 e. The van der Waals surface area contributed by atoms with E-state index < -0.39 is 49.1 Å². The summed E-state index contributed by atoms with van der Waals surface area (Å²) >= 11 is 0. The zero-order valence-electron chi connectivity index (χ0n) is 8.30. The SMILES string of the molecule is O=C(OC1C(F)C(F)C(F)C(F)C1F)C(F)(F)F. The monoisotopic (exact) mass is 286 g/mol. The lowest BCUT2D eigenvalue weighted by atomic mass is 9.89.